The van der Waals surface area contributed by atoms with Crippen LogP contribution in [0.5, 0.6) is 11.6 Å². The molecule has 1 atom stereocenters. The highest BCUT2D eigenvalue weighted by molar-refractivity contribution is 7.99. The molecule has 0 aliphatic carbocycles. The largest absolute Gasteiger partial charge is 0.493 e. The third-order valence-corrected chi connectivity index (χ3v) is 5.45. The molecule has 1 N–H and O–H groups in total. The Kier molecular flexibility index (Phi) is 6.49. The van der Waals surface area contributed by atoms with E-state index in [1.54, 1.807) is 0 Å². The first-order valence-electron chi connectivity index (χ1n) is 10.0. The van der Waals surface area contributed by atoms with Crippen LogP contribution in [0.25, 0.3) is 11.3 Å². The average molecular weight is 421 g/mol. The molecule has 154 valence electrons. The molecule has 0 radical (unpaired) electrons. The van der Waals surface area contributed by atoms with Crippen LogP contribution in [0.4, 0.5) is 5.69 Å². The molecule has 0 spiro atoms. The first-order chi connectivity index (χ1) is 14.8. The van der Waals surface area contributed by atoms with Crippen molar-refractivity contribution in [3.8, 4) is 22.9 Å². The molecule has 0 saturated heterocycles. The molecule has 6 nitrogen and oxygen atoms in total. The van der Waals surface area contributed by atoms with Gasteiger partial charge in [0.25, 0.3) is 0 Å². The molecular weight excluding hydrogens is 396 g/mol. The molecule has 3 aromatic rings. The van der Waals surface area contributed by atoms with Crippen molar-refractivity contribution in [2.75, 3.05) is 17.7 Å². The molecule has 4 rings (SSSR count). The fourth-order valence-electron chi connectivity index (χ4n) is 3.14. The van der Waals surface area contributed by atoms with Crippen LogP contribution < -0.4 is 14.8 Å². The number of thioether (sulfide) groups is 1. The minimum Gasteiger partial charge on any atom is -0.493 e. The van der Waals surface area contributed by atoms with E-state index in [-0.39, 0.29) is 0 Å². The number of benzene rings is 2. The fourth-order valence-corrected chi connectivity index (χ4v) is 3.65. The number of aromatic nitrogens is 3. The molecular formula is C23H24N4O2S. The molecule has 0 unspecified atom stereocenters. The average Bonchev–Trinajstić information content (AvgIpc) is 2.94. The van der Waals surface area contributed by atoms with Gasteiger partial charge in [-0.3, -0.25) is 0 Å². The second-order valence-corrected chi connectivity index (χ2v) is 7.76. The molecule has 0 bridgehead atoms. The number of hydrogen-bond acceptors (Lipinski definition) is 7. The highest BCUT2D eigenvalue weighted by Crippen LogP contribution is 2.41. The van der Waals surface area contributed by atoms with E-state index >= 15 is 0 Å². The smallest absolute Gasteiger partial charge is 0.247 e. The summed E-state index contributed by atoms with van der Waals surface area (Å²) in [6.07, 6.45) is 3.41. The number of anilines is 1. The van der Waals surface area contributed by atoms with Crippen LogP contribution in [0.3, 0.4) is 0 Å². The normalized spacial score (nSPS) is 14.5. The summed E-state index contributed by atoms with van der Waals surface area (Å²) in [4.78, 5) is 4.63. The summed E-state index contributed by atoms with van der Waals surface area (Å²) < 4.78 is 12.4. The third-order valence-electron chi connectivity index (χ3n) is 4.62. The first kappa shape index (κ1) is 20.2. The molecule has 2 heterocycles. The van der Waals surface area contributed by atoms with Crippen LogP contribution >= 0.6 is 11.8 Å². The van der Waals surface area contributed by atoms with Crippen LogP contribution in [0.2, 0.25) is 0 Å². The van der Waals surface area contributed by atoms with Crippen LogP contribution in [-0.4, -0.2) is 27.5 Å². The molecule has 2 aromatic carbocycles. The summed E-state index contributed by atoms with van der Waals surface area (Å²) >= 11 is 1.47. The lowest BCUT2D eigenvalue weighted by Crippen LogP contribution is -2.18. The van der Waals surface area contributed by atoms with Gasteiger partial charge in [0.1, 0.15) is 5.75 Å². The maximum absolute atomic E-state index is 6.35. The first-order valence-corrected chi connectivity index (χ1v) is 11.0. The topological polar surface area (TPSA) is 69.2 Å². The summed E-state index contributed by atoms with van der Waals surface area (Å²) in [6.45, 7) is 6.56. The maximum atomic E-state index is 6.35. The van der Waals surface area contributed by atoms with Crippen molar-refractivity contribution in [2.45, 2.75) is 31.1 Å². The Morgan fingerprint density at radius 3 is 2.87 bits per heavy atom. The number of nitrogens with zero attached hydrogens (tertiary/aromatic N) is 3. The summed E-state index contributed by atoms with van der Waals surface area (Å²) in [5.41, 5.74) is 3.34. The highest BCUT2D eigenvalue weighted by atomic mass is 32.2. The van der Waals surface area contributed by atoms with E-state index in [0.29, 0.717) is 29.1 Å². The number of para-hydroxylation sites is 2. The van der Waals surface area contributed by atoms with E-state index in [9.17, 15) is 0 Å². The minimum absolute atomic E-state index is 0.447. The Bertz CT molecular complexity index is 1030. The highest BCUT2D eigenvalue weighted by Gasteiger charge is 2.27. The fraction of sp³-hybridized carbons (Fsp3) is 0.261. The van der Waals surface area contributed by atoms with Crippen LogP contribution in [0.1, 0.15) is 31.6 Å². The summed E-state index contributed by atoms with van der Waals surface area (Å²) in [5.74, 6) is 1.95. The second kappa shape index (κ2) is 9.63. The van der Waals surface area contributed by atoms with Crippen molar-refractivity contribution in [2.24, 2.45) is 0 Å². The summed E-state index contributed by atoms with van der Waals surface area (Å²) in [6, 6.07) is 15.9. The Labute approximate surface area is 180 Å². The standard InChI is InChI=1S/C23H24N4O2S/c1-3-5-14-28-19-13-9-7-11-17(19)21-24-18-12-8-6-10-16(18)20-22(29-21)25-23(27-26-20)30-15-4-2/h4,6-13,21,24H,2-3,5,14-15H2,1H3/t21-/m1/s1. The molecule has 30 heavy (non-hydrogen) atoms. The Morgan fingerprint density at radius 2 is 2.00 bits per heavy atom. The van der Waals surface area contributed by atoms with Gasteiger partial charge in [-0.05, 0) is 24.6 Å². The third kappa shape index (κ3) is 4.41. The number of ether oxygens (including phenoxy) is 2. The van der Waals surface area contributed by atoms with E-state index < -0.39 is 6.23 Å². The molecule has 1 aliphatic rings. The molecule has 1 aromatic heterocycles. The van der Waals surface area contributed by atoms with E-state index in [4.69, 9.17) is 9.47 Å². The Hall–Kier alpha value is -3.06. The number of nitrogens with one attached hydrogen (secondary N) is 1. The molecule has 0 fully saturated rings. The zero-order valence-electron chi connectivity index (χ0n) is 16.9. The Morgan fingerprint density at radius 1 is 1.17 bits per heavy atom. The van der Waals surface area contributed by atoms with Gasteiger partial charge in [-0.15, -0.1) is 16.8 Å². The SMILES string of the molecule is C=CCSc1nnc2c(n1)O[C@H](c1ccccc1OCCCC)Nc1ccccc1-2. The lowest BCUT2D eigenvalue weighted by atomic mass is 10.1. The van der Waals surface area contributed by atoms with E-state index in [2.05, 4.69) is 34.0 Å². The van der Waals surface area contributed by atoms with E-state index in [1.165, 1.54) is 11.8 Å². The lowest BCUT2D eigenvalue weighted by molar-refractivity contribution is 0.215. The van der Waals surface area contributed by atoms with Crippen molar-refractivity contribution < 1.29 is 9.47 Å². The summed E-state index contributed by atoms with van der Waals surface area (Å²) in [7, 11) is 0. The lowest BCUT2D eigenvalue weighted by Gasteiger charge is -2.22. The maximum Gasteiger partial charge on any atom is 0.247 e. The van der Waals surface area contributed by atoms with Crippen molar-refractivity contribution in [1.82, 2.24) is 15.2 Å². The van der Waals surface area contributed by atoms with Crippen molar-refractivity contribution >= 4 is 17.4 Å². The number of hydrogen-bond donors (Lipinski definition) is 1. The minimum atomic E-state index is -0.473. The van der Waals surface area contributed by atoms with E-state index in [0.717, 1.165) is 35.4 Å². The van der Waals surface area contributed by atoms with Gasteiger partial charge in [0.2, 0.25) is 17.3 Å². The van der Waals surface area contributed by atoms with Gasteiger partial charge in [-0.25, -0.2) is 0 Å². The molecule has 7 heteroatoms. The number of fused-ring (bicyclic) bond motifs is 3. The van der Waals surface area contributed by atoms with Crippen LogP contribution in [0.15, 0.2) is 66.3 Å². The van der Waals surface area contributed by atoms with Crippen molar-refractivity contribution in [1.29, 1.82) is 0 Å². The van der Waals surface area contributed by atoms with Gasteiger partial charge in [-0.2, -0.15) is 4.98 Å². The summed E-state index contributed by atoms with van der Waals surface area (Å²) in [5, 5.41) is 12.7. The van der Waals surface area contributed by atoms with Gasteiger partial charge in [0.05, 0.1) is 12.2 Å². The van der Waals surface area contributed by atoms with Gasteiger partial charge in [-0.1, -0.05) is 61.5 Å². The van der Waals surface area contributed by atoms with Gasteiger partial charge >= 0.3 is 0 Å². The van der Waals surface area contributed by atoms with Crippen LogP contribution in [0, 0.1) is 0 Å². The quantitative estimate of drug-likeness (QED) is 0.293. The molecule has 0 amide bonds. The zero-order chi connectivity index (χ0) is 20.8. The number of unbranched alkanes of at least 4 members (excludes halogenated alkanes) is 1. The predicted octanol–water partition coefficient (Wildman–Crippen LogP) is 5.50. The van der Waals surface area contributed by atoms with Crippen molar-refractivity contribution in [3.05, 3.63) is 66.7 Å². The van der Waals surface area contributed by atoms with Gasteiger partial charge < -0.3 is 14.8 Å². The van der Waals surface area contributed by atoms with Crippen molar-refractivity contribution in [3.63, 3.8) is 0 Å². The second-order valence-electron chi connectivity index (χ2n) is 6.78. The predicted molar refractivity (Wildman–Crippen MR) is 120 cm³/mol. The van der Waals surface area contributed by atoms with Gasteiger partial charge in [0.15, 0.2) is 5.69 Å². The monoisotopic (exact) mass is 420 g/mol. The molecule has 0 saturated carbocycles. The van der Waals surface area contributed by atoms with Crippen LogP contribution in [-0.2, 0) is 0 Å². The number of rotatable bonds is 8. The molecule has 1 aliphatic heterocycles. The van der Waals surface area contributed by atoms with Gasteiger partial charge in [0, 0.05) is 17.0 Å². The zero-order valence-corrected chi connectivity index (χ0v) is 17.7. The van der Waals surface area contributed by atoms with E-state index in [1.807, 2.05) is 54.6 Å². The Balaban J connectivity index is 1.73.